The van der Waals surface area contributed by atoms with Crippen LogP contribution in [0.4, 0.5) is 0 Å². The number of hydrogen-bond acceptors (Lipinski definition) is 1. The van der Waals surface area contributed by atoms with Crippen molar-refractivity contribution >= 4 is 0 Å². The zero-order chi connectivity index (χ0) is 10.7. The van der Waals surface area contributed by atoms with E-state index in [0.29, 0.717) is 0 Å². The van der Waals surface area contributed by atoms with Gasteiger partial charge in [-0.25, -0.2) is 0 Å². The van der Waals surface area contributed by atoms with Gasteiger partial charge in [0.2, 0.25) is 0 Å². The van der Waals surface area contributed by atoms with Gasteiger partial charge < -0.3 is 4.42 Å². The van der Waals surface area contributed by atoms with Crippen molar-refractivity contribution in [2.75, 3.05) is 0 Å². The SMILES string of the molecule is C#C.CCC.CCc1cc(C)co1. The average Bonchev–Trinajstić information content (AvgIpc) is 2.56. The smallest absolute Gasteiger partial charge is 0.103 e. The second kappa shape index (κ2) is 10.8. The molecule has 0 amide bonds. The second-order valence-corrected chi connectivity index (χ2v) is 2.65. The molecule has 0 aliphatic carbocycles. The predicted molar refractivity (Wildman–Crippen MR) is 58.7 cm³/mol. The van der Waals surface area contributed by atoms with E-state index in [4.69, 9.17) is 4.42 Å². The minimum Gasteiger partial charge on any atom is -0.469 e. The van der Waals surface area contributed by atoms with Gasteiger partial charge in [-0.3, -0.25) is 0 Å². The summed E-state index contributed by atoms with van der Waals surface area (Å²) in [6, 6.07) is 2.06. The van der Waals surface area contributed by atoms with E-state index in [2.05, 4.69) is 39.7 Å². The summed E-state index contributed by atoms with van der Waals surface area (Å²) in [4.78, 5) is 0. The lowest BCUT2D eigenvalue weighted by Crippen LogP contribution is -1.67. The van der Waals surface area contributed by atoms with Gasteiger partial charge in [0.15, 0.2) is 0 Å². The highest BCUT2D eigenvalue weighted by molar-refractivity contribution is 5.09. The van der Waals surface area contributed by atoms with Crippen molar-refractivity contribution in [1.82, 2.24) is 0 Å². The van der Waals surface area contributed by atoms with Gasteiger partial charge in [0.05, 0.1) is 6.26 Å². The molecule has 0 unspecified atom stereocenters. The van der Waals surface area contributed by atoms with Gasteiger partial charge in [0, 0.05) is 6.42 Å². The van der Waals surface area contributed by atoms with Crippen LogP contribution in [0.5, 0.6) is 0 Å². The third kappa shape index (κ3) is 8.75. The van der Waals surface area contributed by atoms with Crippen LogP contribution in [0.25, 0.3) is 0 Å². The molecule has 1 heteroatoms. The van der Waals surface area contributed by atoms with Gasteiger partial charge in [0.25, 0.3) is 0 Å². The van der Waals surface area contributed by atoms with Crippen molar-refractivity contribution in [2.24, 2.45) is 0 Å². The Kier molecular flexibility index (Phi) is 12.0. The summed E-state index contributed by atoms with van der Waals surface area (Å²) in [6.07, 6.45) is 12.0. The molecule has 0 fully saturated rings. The van der Waals surface area contributed by atoms with Gasteiger partial charge in [-0.1, -0.05) is 27.2 Å². The molecule has 0 N–H and O–H groups in total. The average molecular weight is 180 g/mol. The van der Waals surface area contributed by atoms with E-state index < -0.39 is 0 Å². The molecular weight excluding hydrogens is 160 g/mol. The molecule has 74 valence electrons. The largest absolute Gasteiger partial charge is 0.469 e. The summed E-state index contributed by atoms with van der Waals surface area (Å²) in [5.41, 5.74) is 1.21. The normalized spacial score (nSPS) is 7.54. The Balaban J connectivity index is 0. The van der Waals surface area contributed by atoms with Crippen molar-refractivity contribution in [1.29, 1.82) is 0 Å². The number of terminal acetylenes is 1. The summed E-state index contributed by atoms with van der Waals surface area (Å²) in [5.74, 6) is 1.07. The fourth-order valence-electron chi connectivity index (χ4n) is 0.676. The van der Waals surface area contributed by atoms with Gasteiger partial charge in [-0.05, 0) is 18.6 Å². The highest BCUT2D eigenvalue weighted by atomic mass is 16.3. The van der Waals surface area contributed by atoms with Crippen LogP contribution in [-0.2, 0) is 6.42 Å². The maximum Gasteiger partial charge on any atom is 0.103 e. The van der Waals surface area contributed by atoms with E-state index in [1.54, 1.807) is 6.26 Å². The van der Waals surface area contributed by atoms with Crippen molar-refractivity contribution in [2.45, 2.75) is 40.5 Å². The minimum atomic E-state index is 0.994. The van der Waals surface area contributed by atoms with Crippen LogP contribution in [0.2, 0.25) is 0 Å². The van der Waals surface area contributed by atoms with E-state index in [1.807, 2.05) is 6.92 Å². The molecule has 0 spiro atoms. The quantitative estimate of drug-likeness (QED) is 0.599. The molecule has 0 aliphatic rings. The van der Waals surface area contributed by atoms with E-state index in [-0.39, 0.29) is 0 Å². The lowest BCUT2D eigenvalue weighted by atomic mass is 10.3. The molecule has 0 atom stereocenters. The van der Waals surface area contributed by atoms with Crippen LogP contribution in [-0.4, -0.2) is 0 Å². The molecular formula is C12H20O. The fourth-order valence-corrected chi connectivity index (χ4v) is 0.676. The fraction of sp³-hybridized carbons (Fsp3) is 0.500. The third-order valence-electron chi connectivity index (χ3n) is 1.13. The highest BCUT2D eigenvalue weighted by Gasteiger charge is 1.91. The molecule has 1 aromatic rings. The molecule has 1 heterocycles. The first-order valence-electron chi connectivity index (χ1n) is 4.61. The van der Waals surface area contributed by atoms with Gasteiger partial charge >= 0.3 is 0 Å². The summed E-state index contributed by atoms with van der Waals surface area (Å²) in [6.45, 7) is 8.36. The molecule has 0 saturated heterocycles. The van der Waals surface area contributed by atoms with Crippen LogP contribution in [0.15, 0.2) is 16.7 Å². The third-order valence-corrected chi connectivity index (χ3v) is 1.13. The summed E-state index contributed by atoms with van der Waals surface area (Å²) >= 11 is 0. The molecule has 1 aromatic heterocycles. The van der Waals surface area contributed by atoms with Crippen LogP contribution >= 0.6 is 0 Å². The van der Waals surface area contributed by atoms with Crippen molar-refractivity contribution in [3.63, 3.8) is 0 Å². The number of hydrogen-bond donors (Lipinski definition) is 0. The Morgan fingerprint density at radius 3 is 1.85 bits per heavy atom. The molecule has 0 saturated carbocycles. The van der Waals surface area contributed by atoms with E-state index in [0.717, 1.165) is 12.2 Å². The lowest BCUT2D eigenvalue weighted by Gasteiger charge is -1.79. The minimum absolute atomic E-state index is 0.994. The standard InChI is InChI=1S/C7H10O.C3H8.C2H2/c1-3-7-4-6(2)5-8-7;1-3-2;1-2/h4-5H,3H2,1-2H3;3H2,1-2H3;1-2H. The Morgan fingerprint density at radius 1 is 1.23 bits per heavy atom. The molecule has 1 rings (SSSR count). The molecule has 0 aliphatic heterocycles. The first-order valence-corrected chi connectivity index (χ1v) is 4.61. The Hall–Kier alpha value is -1.16. The van der Waals surface area contributed by atoms with Crippen molar-refractivity contribution < 1.29 is 4.42 Å². The van der Waals surface area contributed by atoms with Crippen molar-refractivity contribution in [3.8, 4) is 12.8 Å². The maximum atomic E-state index is 5.11. The van der Waals surface area contributed by atoms with Crippen LogP contribution in [0, 0.1) is 19.8 Å². The first-order chi connectivity index (χ1) is 6.24. The number of furan rings is 1. The van der Waals surface area contributed by atoms with Gasteiger partial charge in [-0.2, -0.15) is 0 Å². The number of aryl methyl sites for hydroxylation is 2. The molecule has 0 radical (unpaired) electrons. The molecule has 0 aromatic carbocycles. The molecule has 13 heavy (non-hydrogen) atoms. The maximum absolute atomic E-state index is 5.11. The Morgan fingerprint density at radius 2 is 1.69 bits per heavy atom. The van der Waals surface area contributed by atoms with Gasteiger partial charge in [-0.15, -0.1) is 12.8 Å². The van der Waals surface area contributed by atoms with E-state index in [9.17, 15) is 0 Å². The summed E-state index contributed by atoms with van der Waals surface area (Å²) in [7, 11) is 0. The summed E-state index contributed by atoms with van der Waals surface area (Å²) < 4.78 is 5.11. The van der Waals surface area contributed by atoms with Crippen molar-refractivity contribution in [3.05, 3.63) is 23.7 Å². The van der Waals surface area contributed by atoms with E-state index in [1.165, 1.54) is 12.0 Å². The molecule has 1 nitrogen and oxygen atoms in total. The monoisotopic (exact) mass is 180 g/mol. The van der Waals surface area contributed by atoms with Crippen LogP contribution in [0.1, 0.15) is 38.5 Å². The summed E-state index contributed by atoms with van der Waals surface area (Å²) in [5, 5.41) is 0. The molecule has 0 bridgehead atoms. The Bertz CT molecular complexity index is 208. The zero-order valence-electron chi connectivity index (χ0n) is 9.13. The number of rotatable bonds is 1. The van der Waals surface area contributed by atoms with Crippen LogP contribution in [0.3, 0.4) is 0 Å². The Labute approximate surface area is 82.2 Å². The first kappa shape index (κ1) is 14.4. The zero-order valence-corrected chi connectivity index (χ0v) is 9.13. The predicted octanol–water partition coefficient (Wildman–Crippen LogP) is 3.82. The second-order valence-electron chi connectivity index (χ2n) is 2.65. The van der Waals surface area contributed by atoms with Crippen LogP contribution < -0.4 is 0 Å². The topological polar surface area (TPSA) is 13.1 Å². The van der Waals surface area contributed by atoms with Gasteiger partial charge in [0.1, 0.15) is 5.76 Å². The lowest BCUT2D eigenvalue weighted by molar-refractivity contribution is 0.515. The highest BCUT2D eigenvalue weighted by Crippen LogP contribution is 2.05. The van der Waals surface area contributed by atoms with E-state index >= 15 is 0 Å².